The number of halogens is 2. The van der Waals surface area contributed by atoms with E-state index in [2.05, 4.69) is 37.1 Å². The minimum absolute atomic E-state index is 0. The molecular weight excluding hydrogens is 171 g/mol. The summed E-state index contributed by atoms with van der Waals surface area (Å²) in [7, 11) is 0. The van der Waals surface area contributed by atoms with E-state index in [9.17, 15) is 0 Å². The van der Waals surface area contributed by atoms with E-state index in [1.807, 2.05) is 0 Å². The zero-order chi connectivity index (χ0) is 4.50. The van der Waals surface area contributed by atoms with E-state index in [1.54, 1.807) is 0 Å². The molecule has 0 aromatic carbocycles. The van der Waals surface area contributed by atoms with E-state index in [1.165, 1.54) is 0 Å². The Kier molecular flexibility index (Phi) is 11.8. The van der Waals surface area contributed by atoms with Gasteiger partial charge in [-0.1, -0.05) is 0 Å². The van der Waals surface area contributed by atoms with Crippen LogP contribution in [0.25, 0.3) is 0 Å². The SMILES string of the molecule is C[C](C)(C)[Cr+2].[Cl-].[Cl-]. The van der Waals surface area contributed by atoms with Crippen molar-refractivity contribution in [3.8, 4) is 0 Å². The maximum absolute atomic E-state index is 2.98. The Bertz CT molecular complexity index is 25.2. The standard InChI is InChI=1S/C4H9.2ClH.Cr/c1-4(2)3;;;/h1-3H3;2*1H;/q;;;+2/p-2. The number of rotatable bonds is 0. The van der Waals surface area contributed by atoms with E-state index in [4.69, 9.17) is 0 Å². The molecule has 0 unspecified atom stereocenters. The molecule has 0 aliphatic carbocycles. The Morgan fingerprint density at radius 2 is 1.00 bits per heavy atom. The van der Waals surface area contributed by atoms with Crippen LogP contribution >= 0.6 is 0 Å². The zero-order valence-electron chi connectivity index (χ0n) is 4.66. The molecule has 0 aliphatic rings. The monoisotopic (exact) mass is 179 g/mol. The van der Waals surface area contributed by atoms with Crippen LogP contribution in [-0.2, 0) is 16.3 Å². The van der Waals surface area contributed by atoms with Gasteiger partial charge in [0.1, 0.15) is 0 Å². The van der Waals surface area contributed by atoms with Crippen molar-refractivity contribution in [2.75, 3.05) is 0 Å². The second kappa shape index (κ2) is 5.25. The average molecular weight is 180 g/mol. The predicted octanol–water partition coefficient (Wildman–Crippen LogP) is -4.24. The Labute approximate surface area is 66.3 Å². The smallest absolute Gasteiger partial charge is 1.00 e. The number of hydrogen-bond donors (Lipinski definition) is 0. The van der Waals surface area contributed by atoms with Crippen LogP contribution in [0.5, 0.6) is 0 Å². The molecule has 0 aromatic rings. The molecule has 7 heavy (non-hydrogen) atoms. The summed E-state index contributed by atoms with van der Waals surface area (Å²) in [5, 5.41) is 0. The molecule has 0 radical (unpaired) electrons. The van der Waals surface area contributed by atoms with Gasteiger partial charge >= 0.3 is 41.3 Å². The summed E-state index contributed by atoms with van der Waals surface area (Å²) >= 11 is 2.98. The summed E-state index contributed by atoms with van der Waals surface area (Å²) < 4.78 is 0.375. The third kappa shape index (κ3) is 150. The fourth-order valence-corrected chi connectivity index (χ4v) is 0. The molecule has 0 spiro atoms. The summed E-state index contributed by atoms with van der Waals surface area (Å²) in [6, 6.07) is 0. The minimum Gasteiger partial charge on any atom is -1.00 e. The van der Waals surface area contributed by atoms with Crippen molar-refractivity contribution >= 4 is 0 Å². The average Bonchev–Trinajstić information content (AvgIpc) is 0.722. The van der Waals surface area contributed by atoms with Gasteiger partial charge in [0, 0.05) is 0 Å². The molecule has 0 aliphatic heterocycles. The second-order valence-corrected chi connectivity index (χ2v) is 4.02. The van der Waals surface area contributed by atoms with E-state index >= 15 is 0 Å². The van der Waals surface area contributed by atoms with Gasteiger partial charge in [0.05, 0.1) is 0 Å². The fourth-order valence-electron chi connectivity index (χ4n) is 0. The second-order valence-electron chi connectivity index (χ2n) is 2.11. The molecule has 0 amide bonds. The van der Waals surface area contributed by atoms with Crippen LogP contribution in [0.15, 0.2) is 0 Å². The Morgan fingerprint density at radius 3 is 1.00 bits per heavy atom. The zero-order valence-corrected chi connectivity index (χ0v) is 7.45. The maximum Gasteiger partial charge on any atom is -1.00 e. The van der Waals surface area contributed by atoms with E-state index in [0.29, 0.717) is 4.28 Å². The van der Waals surface area contributed by atoms with Crippen molar-refractivity contribution in [1.82, 2.24) is 0 Å². The van der Waals surface area contributed by atoms with Gasteiger partial charge < -0.3 is 24.8 Å². The summed E-state index contributed by atoms with van der Waals surface area (Å²) in [4.78, 5) is 0. The first-order valence-electron chi connectivity index (χ1n) is 1.70. The van der Waals surface area contributed by atoms with E-state index < -0.39 is 0 Å². The topological polar surface area (TPSA) is 0 Å². The van der Waals surface area contributed by atoms with Gasteiger partial charge in [-0.25, -0.2) is 0 Å². The molecule has 0 bridgehead atoms. The molecule has 45 valence electrons. The van der Waals surface area contributed by atoms with Crippen molar-refractivity contribution < 1.29 is 41.1 Å². The van der Waals surface area contributed by atoms with E-state index in [0.717, 1.165) is 0 Å². The molecule has 0 rings (SSSR count). The molecule has 3 heteroatoms. The molecule has 0 fully saturated rings. The first kappa shape index (κ1) is 15.7. The number of hydrogen-bond acceptors (Lipinski definition) is 0. The van der Waals surface area contributed by atoms with Gasteiger partial charge in [0.2, 0.25) is 0 Å². The molecule has 0 aromatic heterocycles. The predicted molar refractivity (Wildman–Crippen MR) is 19.7 cm³/mol. The third-order valence-electron chi connectivity index (χ3n) is 0. The first-order valence-corrected chi connectivity index (χ1v) is 2.34. The normalized spacial score (nSPS) is 8.29. The van der Waals surface area contributed by atoms with Gasteiger partial charge in [-0.2, -0.15) is 0 Å². The van der Waals surface area contributed by atoms with Crippen molar-refractivity contribution in [2.45, 2.75) is 25.0 Å². The van der Waals surface area contributed by atoms with Crippen LogP contribution in [0.3, 0.4) is 0 Å². The van der Waals surface area contributed by atoms with Crippen molar-refractivity contribution in [2.24, 2.45) is 0 Å². The first-order chi connectivity index (χ1) is 2.00. The van der Waals surface area contributed by atoms with Gasteiger partial charge in [-0.15, -0.1) is 0 Å². The molecule has 0 saturated heterocycles. The minimum atomic E-state index is 0. The molecule has 0 atom stereocenters. The summed E-state index contributed by atoms with van der Waals surface area (Å²) in [5.74, 6) is 0. The summed E-state index contributed by atoms with van der Waals surface area (Å²) in [6.45, 7) is 6.40. The van der Waals surface area contributed by atoms with Crippen molar-refractivity contribution in [3.63, 3.8) is 0 Å². The van der Waals surface area contributed by atoms with Crippen molar-refractivity contribution in [1.29, 1.82) is 0 Å². The van der Waals surface area contributed by atoms with Crippen LogP contribution in [0, 0.1) is 0 Å². The van der Waals surface area contributed by atoms with Crippen LogP contribution in [-0.4, -0.2) is 0 Å². The third-order valence-corrected chi connectivity index (χ3v) is 0. The Balaban J connectivity index is -0.0000000800. The Morgan fingerprint density at radius 1 is 1.00 bits per heavy atom. The van der Waals surface area contributed by atoms with Crippen LogP contribution in [0.2, 0.25) is 4.28 Å². The summed E-state index contributed by atoms with van der Waals surface area (Å²) in [5.41, 5.74) is 0. The summed E-state index contributed by atoms with van der Waals surface area (Å²) in [6.07, 6.45) is 0. The van der Waals surface area contributed by atoms with E-state index in [-0.39, 0.29) is 24.8 Å². The van der Waals surface area contributed by atoms with Crippen molar-refractivity contribution in [3.05, 3.63) is 0 Å². The van der Waals surface area contributed by atoms with Gasteiger partial charge in [0.15, 0.2) is 0 Å². The van der Waals surface area contributed by atoms with Crippen LogP contribution < -0.4 is 24.8 Å². The molecule has 0 saturated carbocycles. The molecular formula is C4H9Cl2Cr. The van der Waals surface area contributed by atoms with Gasteiger partial charge in [-0.3, -0.25) is 0 Å². The maximum atomic E-state index is 2.98. The Hall–Kier alpha value is 1.11. The fraction of sp³-hybridized carbons (Fsp3) is 1.00. The van der Waals surface area contributed by atoms with Gasteiger partial charge in [-0.05, 0) is 0 Å². The quantitative estimate of drug-likeness (QED) is 0.354. The van der Waals surface area contributed by atoms with Crippen LogP contribution in [0.1, 0.15) is 20.8 Å². The molecule has 0 heterocycles. The molecule has 0 nitrogen and oxygen atoms in total. The molecule has 0 N–H and O–H groups in total. The van der Waals surface area contributed by atoms with Crippen LogP contribution in [0.4, 0.5) is 0 Å². The largest absolute Gasteiger partial charge is 1.00 e. The van der Waals surface area contributed by atoms with Gasteiger partial charge in [0.25, 0.3) is 0 Å².